The number of anilines is 6. The standard InChI is InChI=1S/C70H48N6/c1-5-17-49(18-6-1)51-29-37-57(38-30-51)75(65-27-15-13-25-59(65)53-21-9-3-10-22-53)67-45-73(47-71-67)63-43-35-55-34-42-62-64(44-36-56-33-41-61(63)69(55)70(56)62)74-46-68(72-48-74)76(58-39-31-52(32-40-58)50-19-7-2-8-20-50)66-28-16-14-26-60(66)54-23-11-4-12-24-54/h1-48H. The highest BCUT2D eigenvalue weighted by Gasteiger charge is 2.23. The van der Waals surface area contributed by atoms with Gasteiger partial charge >= 0.3 is 0 Å². The molecule has 14 rings (SSSR count). The van der Waals surface area contributed by atoms with Crippen LogP contribution in [0, 0.1) is 0 Å². The maximum Gasteiger partial charge on any atom is 0.156 e. The number of nitrogens with zero attached hydrogens (tertiary/aromatic N) is 6. The second-order valence-corrected chi connectivity index (χ2v) is 19.1. The Labute approximate surface area is 441 Å². The van der Waals surface area contributed by atoms with Crippen LogP contribution in [0.5, 0.6) is 0 Å². The lowest BCUT2D eigenvalue weighted by Gasteiger charge is -2.26. The van der Waals surface area contributed by atoms with Crippen LogP contribution in [-0.2, 0) is 0 Å². The second kappa shape index (κ2) is 19.0. The van der Waals surface area contributed by atoms with E-state index in [-0.39, 0.29) is 0 Å². The van der Waals surface area contributed by atoms with Crippen molar-refractivity contribution in [2.75, 3.05) is 9.80 Å². The maximum absolute atomic E-state index is 5.20. The van der Waals surface area contributed by atoms with Crippen molar-refractivity contribution in [3.05, 3.63) is 292 Å². The number of hydrogen-bond acceptors (Lipinski definition) is 4. The molecule has 0 spiro atoms. The molecular weight excluding hydrogens is 925 g/mol. The molecule has 0 aliphatic rings. The molecule has 0 aliphatic carbocycles. The minimum atomic E-state index is 0.812. The van der Waals surface area contributed by atoms with E-state index < -0.39 is 0 Å². The molecule has 0 N–H and O–H groups in total. The predicted molar refractivity (Wildman–Crippen MR) is 316 cm³/mol. The fourth-order valence-electron chi connectivity index (χ4n) is 11.1. The van der Waals surface area contributed by atoms with Crippen molar-refractivity contribution >= 4 is 66.7 Å². The molecule has 0 saturated carbocycles. The topological polar surface area (TPSA) is 42.1 Å². The van der Waals surface area contributed by atoms with Gasteiger partial charge in [-0.25, -0.2) is 9.97 Å². The van der Waals surface area contributed by atoms with E-state index in [1.807, 2.05) is 12.7 Å². The number of imidazole rings is 2. The van der Waals surface area contributed by atoms with Crippen molar-refractivity contribution in [3.63, 3.8) is 0 Å². The molecular formula is C70H48N6. The zero-order valence-electron chi connectivity index (χ0n) is 41.4. The Hall–Kier alpha value is -10.3. The third kappa shape index (κ3) is 7.93. The molecule has 0 radical (unpaired) electrons. The van der Waals surface area contributed by atoms with Crippen molar-refractivity contribution in [1.29, 1.82) is 0 Å². The van der Waals surface area contributed by atoms with Crippen LogP contribution in [0.2, 0.25) is 0 Å². The number of rotatable bonds is 12. The van der Waals surface area contributed by atoms with Crippen LogP contribution in [0.25, 0.3) is 88.2 Å². The summed E-state index contributed by atoms with van der Waals surface area (Å²) >= 11 is 0. The molecule has 358 valence electrons. The summed E-state index contributed by atoms with van der Waals surface area (Å²) in [5.41, 5.74) is 15.4. The van der Waals surface area contributed by atoms with E-state index in [0.717, 1.165) is 89.9 Å². The van der Waals surface area contributed by atoms with Crippen LogP contribution < -0.4 is 9.80 Å². The normalized spacial score (nSPS) is 11.4. The quantitative estimate of drug-likeness (QED) is 0.114. The first-order chi connectivity index (χ1) is 37.7. The Bertz CT molecular complexity index is 4040. The largest absolute Gasteiger partial charge is 0.303 e. The van der Waals surface area contributed by atoms with Crippen LogP contribution in [0.1, 0.15) is 0 Å². The molecule has 0 saturated heterocycles. The van der Waals surface area contributed by atoms with Crippen molar-refractivity contribution in [2.45, 2.75) is 0 Å². The average Bonchev–Trinajstić information content (AvgIpc) is 4.26. The van der Waals surface area contributed by atoms with Crippen LogP contribution in [0.4, 0.5) is 34.4 Å². The van der Waals surface area contributed by atoms with Crippen molar-refractivity contribution in [1.82, 2.24) is 19.1 Å². The lowest BCUT2D eigenvalue weighted by molar-refractivity contribution is 1.07. The van der Waals surface area contributed by atoms with Crippen LogP contribution in [-0.4, -0.2) is 19.1 Å². The van der Waals surface area contributed by atoms with Crippen molar-refractivity contribution in [2.24, 2.45) is 0 Å². The lowest BCUT2D eigenvalue weighted by Crippen LogP contribution is -2.11. The fourth-order valence-corrected chi connectivity index (χ4v) is 11.1. The average molecular weight is 973 g/mol. The van der Waals surface area contributed by atoms with E-state index in [1.165, 1.54) is 32.7 Å². The summed E-state index contributed by atoms with van der Waals surface area (Å²) in [5.74, 6) is 1.62. The van der Waals surface area contributed by atoms with Gasteiger partial charge in [-0.3, -0.25) is 9.80 Å². The zero-order valence-corrected chi connectivity index (χ0v) is 41.4. The molecule has 6 nitrogen and oxygen atoms in total. The first-order valence-corrected chi connectivity index (χ1v) is 25.7. The summed E-state index contributed by atoms with van der Waals surface area (Å²) in [7, 11) is 0. The molecule has 0 amide bonds. The Morgan fingerprint density at radius 3 is 1.00 bits per heavy atom. The minimum absolute atomic E-state index is 0.812. The molecule has 0 bridgehead atoms. The Balaban J connectivity index is 0.867. The van der Waals surface area contributed by atoms with E-state index in [9.17, 15) is 0 Å². The van der Waals surface area contributed by atoms with Gasteiger partial charge in [-0.1, -0.05) is 218 Å². The molecule has 6 heteroatoms. The molecule has 2 heterocycles. The van der Waals surface area contributed by atoms with Crippen molar-refractivity contribution < 1.29 is 0 Å². The van der Waals surface area contributed by atoms with E-state index in [0.29, 0.717) is 0 Å². The zero-order chi connectivity index (χ0) is 50.4. The SMILES string of the molecule is c1ccc(-c2ccc(N(c3cn(-c4ccc5ccc6c(-n7cnc(N(c8ccc(-c9ccccc9)cc8)c8ccccc8-c8ccccc8)c7)ccc7ccc4c5c76)cn3)c3ccccc3-c3ccccc3)cc2)cc1. The number of para-hydroxylation sites is 2. The van der Waals surface area contributed by atoms with E-state index in [1.54, 1.807) is 0 Å². The maximum atomic E-state index is 5.20. The molecule has 0 fully saturated rings. The third-order valence-electron chi connectivity index (χ3n) is 14.7. The molecule has 0 aliphatic heterocycles. The highest BCUT2D eigenvalue weighted by molar-refractivity contribution is 6.26. The Morgan fingerprint density at radius 2 is 0.605 bits per heavy atom. The van der Waals surface area contributed by atoms with E-state index >= 15 is 0 Å². The molecule has 2 aromatic heterocycles. The number of hydrogen-bond donors (Lipinski definition) is 0. The number of benzene rings is 12. The van der Waals surface area contributed by atoms with E-state index in [4.69, 9.17) is 9.97 Å². The van der Waals surface area contributed by atoms with Crippen LogP contribution in [0.15, 0.2) is 292 Å². The van der Waals surface area contributed by atoms with Gasteiger partial charge in [0.25, 0.3) is 0 Å². The third-order valence-corrected chi connectivity index (χ3v) is 14.7. The lowest BCUT2D eigenvalue weighted by atomic mass is 9.92. The first kappa shape index (κ1) is 44.4. The Kier molecular flexibility index (Phi) is 11.1. The minimum Gasteiger partial charge on any atom is -0.303 e. The van der Waals surface area contributed by atoms with Gasteiger partial charge in [0, 0.05) is 33.3 Å². The van der Waals surface area contributed by atoms with Gasteiger partial charge in [0.05, 0.1) is 35.1 Å². The molecule has 12 aromatic carbocycles. The van der Waals surface area contributed by atoms with Gasteiger partial charge in [0.1, 0.15) is 12.7 Å². The second-order valence-electron chi connectivity index (χ2n) is 19.1. The van der Waals surface area contributed by atoms with E-state index in [2.05, 4.69) is 298 Å². The summed E-state index contributed by atoms with van der Waals surface area (Å²) in [6, 6.07) is 95.0. The molecule has 0 unspecified atom stereocenters. The van der Waals surface area contributed by atoms with Gasteiger partial charge in [0.15, 0.2) is 11.6 Å². The smallest absolute Gasteiger partial charge is 0.156 e. The summed E-state index contributed by atoms with van der Waals surface area (Å²) in [4.78, 5) is 14.9. The highest BCUT2D eigenvalue weighted by Crippen LogP contribution is 2.45. The predicted octanol–water partition coefficient (Wildman–Crippen LogP) is 18.6. The van der Waals surface area contributed by atoms with Crippen LogP contribution in [0.3, 0.4) is 0 Å². The van der Waals surface area contributed by atoms with Gasteiger partial charge < -0.3 is 9.13 Å². The van der Waals surface area contributed by atoms with Gasteiger partial charge in [0.2, 0.25) is 0 Å². The van der Waals surface area contributed by atoms with Gasteiger partial charge in [-0.05, 0) is 103 Å². The summed E-state index contributed by atoms with van der Waals surface area (Å²) in [6.45, 7) is 0. The summed E-state index contributed by atoms with van der Waals surface area (Å²) in [5, 5.41) is 7.08. The summed E-state index contributed by atoms with van der Waals surface area (Å²) < 4.78 is 4.35. The highest BCUT2D eigenvalue weighted by atomic mass is 15.2. The van der Waals surface area contributed by atoms with Crippen LogP contribution >= 0.6 is 0 Å². The first-order valence-electron chi connectivity index (χ1n) is 25.7. The number of aromatic nitrogens is 4. The summed E-state index contributed by atoms with van der Waals surface area (Å²) in [6.07, 6.45) is 8.23. The van der Waals surface area contributed by atoms with Gasteiger partial charge in [-0.15, -0.1) is 0 Å². The fraction of sp³-hybridized carbons (Fsp3) is 0. The monoisotopic (exact) mass is 972 g/mol. The molecule has 76 heavy (non-hydrogen) atoms. The van der Waals surface area contributed by atoms with Gasteiger partial charge in [-0.2, -0.15) is 0 Å². The molecule has 0 atom stereocenters. The van der Waals surface area contributed by atoms with Crippen molar-refractivity contribution in [3.8, 4) is 55.9 Å². The Morgan fingerprint density at radius 1 is 0.276 bits per heavy atom. The molecule has 14 aromatic rings.